The van der Waals surface area contributed by atoms with Crippen molar-refractivity contribution in [2.24, 2.45) is 0 Å². The molecule has 0 amide bonds. The second-order valence-corrected chi connectivity index (χ2v) is 4.84. The number of hydrogen-bond acceptors (Lipinski definition) is 3. The van der Waals surface area contributed by atoms with Crippen LogP contribution in [0.1, 0.15) is 27.7 Å². The monoisotopic (exact) mass is 270 g/mol. The Bertz CT molecular complexity index is 586. The summed E-state index contributed by atoms with van der Waals surface area (Å²) in [5, 5.41) is 1.94. The number of ether oxygens (including phenoxy) is 1. The van der Waals surface area contributed by atoms with E-state index in [9.17, 15) is 4.79 Å². The fourth-order valence-electron chi connectivity index (χ4n) is 1.51. The lowest BCUT2D eigenvalue weighted by Gasteiger charge is -2.01. The van der Waals surface area contributed by atoms with Gasteiger partial charge in [-0.05, 0) is 35.8 Å². The lowest BCUT2D eigenvalue weighted by Crippen LogP contribution is -1.97. The van der Waals surface area contributed by atoms with Gasteiger partial charge in [-0.25, -0.2) is 0 Å². The molecule has 0 spiro atoms. The van der Waals surface area contributed by atoms with Crippen LogP contribution in [0.2, 0.25) is 0 Å². The number of benzene rings is 1. The Morgan fingerprint density at radius 1 is 1.26 bits per heavy atom. The van der Waals surface area contributed by atoms with E-state index < -0.39 is 0 Å². The number of rotatable bonds is 4. The van der Waals surface area contributed by atoms with E-state index in [1.165, 1.54) is 11.3 Å². The molecule has 19 heavy (non-hydrogen) atoms. The van der Waals surface area contributed by atoms with Gasteiger partial charge in [0.1, 0.15) is 0 Å². The van der Waals surface area contributed by atoms with Gasteiger partial charge in [0.05, 0.1) is 11.5 Å². The zero-order chi connectivity index (χ0) is 13.5. The van der Waals surface area contributed by atoms with Crippen LogP contribution in [0.15, 0.2) is 41.8 Å². The largest absolute Gasteiger partial charge is 0.377 e. The van der Waals surface area contributed by atoms with Crippen LogP contribution in [0.25, 0.3) is 0 Å². The van der Waals surface area contributed by atoms with Gasteiger partial charge in [-0.3, -0.25) is 4.79 Å². The first-order valence-corrected chi connectivity index (χ1v) is 6.94. The highest BCUT2D eigenvalue weighted by Crippen LogP contribution is 2.08. The Morgan fingerprint density at radius 3 is 2.68 bits per heavy atom. The van der Waals surface area contributed by atoms with Crippen LogP contribution < -0.4 is 0 Å². The van der Waals surface area contributed by atoms with Crippen molar-refractivity contribution in [1.82, 2.24) is 0 Å². The van der Waals surface area contributed by atoms with Crippen molar-refractivity contribution in [1.29, 1.82) is 0 Å². The van der Waals surface area contributed by atoms with E-state index in [0.717, 1.165) is 10.4 Å². The zero-order valence-corrected chi connectivity index (χ0v) is 11.5. The maximum atomic E-state index is 11.9. The van der Waals surface area contributed by atoms with E-state index in [4.69, 9.17) is 4.74 Å². The van der Waals surface area contributed by atoms with Gasteiger partial charge in [-0.1, -0.05) is 30.3 Å². The number of carbonyl (C=O) groups excluding carboxylic acids is 1. The maximum absolute atomic E-state index is 11.9. The van der Waals surface area contributed by atoms with Crippen LogP contribution in [0.4, 0.5) is 0 Å². The first-order chi connectivity index (χ1) is 9.29. The standard InChI is InChI=1S/C16H14O2S/c1-2-18-12-13-5-7-14(8-6-13)16(17)10-9-15-4-3-11-19-15/h3-8,11H,2,12H2,1H3. The number of ketones is 1. The average molecular weight is 270 g/mol. The highest BCUT2D eigenvalue weighted by Gasteiger charge is 2.02. The Hall–Kier alpha value is -1.89. The molecular weight excluding hydrogens is 256 g/mol. The van der Waals surface area contributed by atoms with Crippen molar-refractivity contribution in [3.63, 3.8) is 0 Å². The molecule has 0 saturated carbocycles. The summed E-state index contributed by atoms with van der Waals surface area (Å²) < 4.78 is 5.30. The van der Waals surface area contributed by atoms with Gasteiger partial charge in [-0.15, -0.1) is 11.3 Å². The first-order valence-electron chi connectivity index (χ1n) is 6.06. The molecule has 0 atom stereocenters. The summed E-state index contributed by atoms with van der Waals surface area (Å²) in [5.74, 6) is 5.36. The van der Waals surface area contributed by atoms with Crippen molar-refractivity contribution in [2.45, 2.75) is 13.5 Å². The van der Waals surface area contributed by atoms with Crippen LogP contribution in [0.3, 0.4) is 0 Å². The van der Waals surface area contributed by atoms with Crippen molar-refractivity contribution in [3.05, 3.63) is 57.8 Å². The maximum Gasteiger partial charge on any atom is 0.236 e. The van der Waals surface area contributed by atoms with Gasteiger partial charge in [0.25, 0.3) is 0 Å². The SMILES string of the molecule is CCOCc1ccc(C(=O)C#Cc2cccs2)cc1. The van der Waals surface area contributed by atoms with Crippen molar-refractivity contribution < 1.29 is 9.53 Å². The van der Waals surface area contributed by atoms with E-state index in [1.54, 1.807) is 12.1 Å². The third-order valence-corrected chi connectivity index (χ3v) is 3.29. The molecule has 0 bridgehead atoms. The quantitative estimate of drug-likeness (QED) is 0.627. The van der Waals surface area contributed by atoms with E-state index in [2.05, 4.69) is 11.8 Å². The van der Waals surface area contributed by atoms with E-state index in [1.807, 2.05) is 36.6 Å². The van der Waals surface area contributed by atoms with Crippen LogP contribution >= 0.6 is 11.3 Å². The number of Topliss-reactive ketones (excluding diaryl/α,β-unsaturated/α-hetero) is 1. The van der Waals surface area contributed by atoms with Gasteiger partial charge in [0.15, 0.2) is 0 Å². The summed E-state index contributed by atoms with van der Waals surface area (Å²) in [7, 11) is 0. The molecule has 0 N–H and O–H groups in total. The first kappa shape index (κ1) is 13.5. The average Bonchev–Trinajstić information content (AvgIpc) is 2.96. The molecule has 0 aliphatic heterocycles. The minimum Gasteiger partial charge on any atom is -0.377 e. The molecule has 2 nitrogen and oxygen atoms in total. The molecule has 0 radical (unpaired) electrons. The molecule has 1 heterocycles. The molecule has 2 aromatic rings. The molecule has 0 fully saturated rings. The normalized spacial score (nSPS) is 9.74. The molecule has 2 rings (SSSR count). The molecule has 0 saturated heterocycles. The van der Waals surface area contributed by atoms with Crippen molar-refractivity contribution in [3.8, 4) is 11.8 Å². The Labute approximate surface area is 117 Å². The van der Waals surface area contributed by atoms with Gasteiger partial charge >= 0.3 is 0 Å². The van der Waals surface area contributed by atoms with E-state index in [0.29, 0.717) is 18.8 Å². The van der Waals surface area contributed by atoms with Gasteiger partial charge < -0.3 is 4.74 Å². The van der Waals surface area contributed by atoms with Crippen LogP contribution in [0.5, 0.6) is 0 Å². The van der Waals surface area contributed by atoms with Crippen LogP contribution in [0, 0.1) is 11.8 Å². The summed E-state index contributed by atoms with van der Waals surface area (Å²) in [4.78, 5) is 12.8. The second kappa shape index (κ2) is 6.89. The molecule has 0 aliphatic rings. The van der Waals surface area contributed by atoms with E-state index >= 15 is 0 Å². The number of hydrogen-bond donors (Lipinski definition) is 0. The van der Waals surface area contributed by atoms with Crippen LogP contribution in [-0.4, -0.2) is 12.4 Å². The summed E-state index contributed by atoms with van der Waals surface area (Å²) in [6, 6.07) is 11.2. The summed E-state index contributed by atoms with van der Waals surface area (Å²) >= 11 is 1.53. The minimum atomic E-state index is -0.156. The number of thiophene rings is 1. The molecule has 1 aromatic heterocycles. The minimum absolute atomic E-state index is 0.156. The Morgan fingerprint density at radius 2 is 2.05 bits per heavy atom. The van der Waals surface area contributed by atoms with Crippen molar-refractivity contribution in [2.75, 3.05) is 6.61 Å². The fourth-order valence-corrected chi connectivity index (χ4v) is 2.08. The molecule has 3 heteroatoms. The Balaban J connectivity index is 2.03. The zero-order valence-electron chi connectivity index (χ0n) is 10.7. The summed E-state index contributed by atoms with van der Waals surface area (Å²) in [5.41, 5.74) is 1.67. The highest BCUT2D eigenvalue weighted by molar-refractivity contribution is 7.10. The lowest BCUT2D eigenvalue weighted by molar-refractivity contribution is 0.105. The van der Waals surface area contributed by atoms with E-state index in [-0.39, 0.29) is 5.78 Å². The highest BCUT2D eigenvalue weighted by atomic mass is 32.1. The molecule has 1 aromatic carbocycles. The Kier molecular flexibility index (Phi) is 4.91. The topological polar surface area (TPSA) is 26.3 Å². The van der Waals surface area contributed by atoms with Crippen LogP contribution in [-0.2, 0) is 11.3 Å². The molecule has 0 unspecified atom stereocenters. The van der Waals surface area contributed by atoms with Gasteiger partial charge in [0, 0.05) is 12.2 Å². The lowest BCUT2D eigenvalue weighted by atomic mass is 10.1. The fraction of sp³-hybridized carbons (Fsp3) is 0.188. The molecular formula is C16H14O2S. The third-order valence-electron chi connectivity index (χ3n) is 2.51. The smallest absolute Gasteiger partial charge is 0.236 e. The second-order valence-electron chi connectivity index (χ2n) is 3.89. The molecule has 0 aliphatic carbocycles. The van der Waals surface area contributed by atoms with Crippen molar-refractivity contribution >= 4 is 17.1 Å². The van der Waals surface area contributed by atoms with Gasteiger partial charge in [0.2, 0.25) is 5.78 Å². The summed E-state index contributed by atoms with van der Waals surface area (Å²) in [6.45, 7) is 3.22. The summed E-state index contributed by atoms with van der Waals surface area (Å²) in [6.07, 6.45) is 0. The number of carbonyl (C=O) groups is 1. The third kappa shape index (κ3) is 4.06. The predicted octanol–water partition coefficient (Wildman–Crippen LogP) is 3.52. The molecule has 96 valence electrons. The predicted molar refractivity (Wildman–Crippen MR) is 77.3 cm³/mol. The van der Waals surface area contributed by atoms with Gasteiger partial charge in [-0.2, -0.15) is 0 Å².